The molecule has 9 heteroatoms. The highest BCUT2D eigenvalue weighted by molar-refractivity contribution is 7.15. The van der Waals surface area contributed by atoms with E-state index in [2.05, 4.69) is 61.4 Å². The lowest BCUT2D eigenvalue weighted by atomic mass is 10.1. The van der Waals surface area contributed by atoms with Gasteiger partial charge in [0.05, 0.1) is 0 Å². The third kappa shape index (κ3) is 6.77. The highest BCUT2D eigenvalue weighted by Crippen LogP contribution is 2.23. The van der Waals surface area contributed by atoms with Crippen LogP contribution in [0.2, 0.25) is 0 Å². The Bertz CT molecular complexity index is 1120. The lowest BCUT2D eigenvalue weighted by Crippen LogP contribution is -2.38. The topological polar surface area (TPSA) is 99.2 Å². The minimum atomic E-state index is -0.408. The number of benzene rings is 2. The van der Waals surface area contributed by atoms with Gasteiger partial charge in [-0.2, -0.15) is 0 Å². The fourth-order valence-corrected chi connectivity index (χ4v) is 4.68. The molecule has 1 saturated heterocycles. The molecule has 0 aliphatic carbocycles. The maximum absolute atomic E-state index is 12.5. The fraction of sp³-hybridized carbons (Fsp3) is 0.360. The molecule has 1 aromatic heterocycles. The molecule has 1 aliphatic rings. The molecule has 178 valence electrons. The van der Waals surface area contributed by atoms with Gasteiger partial charge in [0.2, 0.25) is 11.0 Å². The number of aryl methyl sites for hydroxylation is 1. The molecule has 2 aromatic carbocycles. The van der Waals surface area contributed by atoms with Crippen LogP contribution in [0.4, 0.5) is 21.3 Å². The summed E-state index contributed by atoms with van der Waals surface area (Å²) in [5, 5.41) is 17.9. The Labute approximate surface area is 203 Å². The first-order valence-electron chi connectivity index (χ1n) is 11.5. The molecule has 0 spiro atoms. The van der Waals surface area contributed by atoms with Crippen molar-refractivity contribution in [3.05, 3.63) is 64.7 Å². The molecule has 3 aromatic rings. The number of anilines is 3. The third-order valence-electron chi connectivity index (χ3n) is 5.63. The van der Waals surface area contributed by atoms with E-state index in [4.69, 9.17) is 0 Å². The van der Waals surface area contributed by atoms with Crippen molar-refractivity contribution < 1.29 is 9.59 Å². The Morgan fingerprint density at radius 2 is 1.82 bits per heavy atom. The normalized spacial score (nSPS) is 14.0. The first-order chi connectivity index (χ1) is 16.4. The van der Waals surface area contributed by atoms with Crippen molar-refractivity contribution in [1.82, 2.24) is 15.5 Å². The lowest BCUT2D eigenvalue weighted by Gasteiger charge is -2.19. The molecule has 1 aliphatic heterocycles. The summed E-state index contributed by atoms with van der Waals surface area (Å²) in [6, 6.07) is 15.4. The highest BCUT2D eigenvalue weighted by Gasteiger charge is 2.16. The maximum Gasteiger partial charge on any atom is 0.321 e. The van der Waals surface area contributed by atoms with E-state index in [-0.39, 0.29) is 18.4 Å². The molecule has 1 fully saturated rings. The van der Waals surface area contributed by atoms with Crippen LogP contribution in [-0.4, -0.2) is 41.3 Å². The summed E-state index contributed by atoms with van der Waals surface area (Å²) in [7, 11) is 0. The van der Waals surface area contributed by atoms with Crippen molar-refractivity contribution in [3.63, 3.8) is 0 Å². The molecule has 8 nitrogen and oxygen atoms in total. The van der Waals surface area contributed by atoms with Crippen LogP contribution in [0.1, 0.15) is 42.3 Å². The molecule has 0 saturated carbocycles. The van der Waals surface area contributed by atoms with E-state index in [1.807, 2.05) is 25.1 Å². The molecule has 34 heavy (non-hydrogen) atoms. The van der Waals surface area contributed by atoms with Crippen LogP contribution in [0.3, 0.4) is 0 Å². The average molecular weight is 479 g/mol. The van der Waals surface area contributed by atoms with Crippen LogP contribution in [0, 0.1) is 6.92 Å². The Kier molecular flexibility index (Phi) is 7.74. The number of carbonyl (C=O) groups is 2. The number of urea groups is 1. The Hall–Kier alpha value is -3.46. The minimum Gasteiger partial charge on any atom is -0.371 e. The van der Waals surface area contributed by atoms with Crippen molar-refractivity contribution in [2.75, 3.05) is 28.6 Å². The van der Waals surface area contributed by atoms with E-state index in [1.54, 1.807) is 6.92 Å². The summed E-state index contributed by atoms with van der Waals surface area (Å²) in [5.41, 5.74) is 4.24. The summed E-state index contributed by atoms with van der Waals surface area (Å²) in [4.78, 5) is 27.1. The van der Waals surface area contributed by atoms with Crippen LogP contribution in [0.15, 0.2) is 48.5 Å². The van der Waals surface area contributed by atoms with Gasteiger partial charge in [-0.1, -0.05) is 47.2 Å². The fourth-order valence-electron chi connectivity index (χ4n) is 3.91. The number of hydrogen-bond donors (Lipinski definition) is 3. The Balaban J connectivity index is 1.22. The zero-order valence-electron chi connectivity index (χ0n) is 19.5. The molecule has 1 unspecified atom stereocenters. The summed E-state index contributed by atoms with van der Waals surface area (Å²) in [5.74, 6) is -0.150. The summed E-state index contributed by atoms with van der Waals surface area (Å²) >= 11 is 1.34. The van der Waals surface area contributed by atoms with Gasteiger partial charge < -0.3 is 15.5 Å². The second-order valence-electron chi connectivity index (χ2n) is 8.66. The van der Waals surface area contributed by atoms with Crippen molar-refractivity contribution in [3.8, 4) is 0 Å². The quantitative estimate of drug-likeness (QED) is 0.440. The van der Waals surface area contributed by atoms with Crippen molar-refractivity contribution in [1.29, 1.82) is 0 Å². The second-order valence-corrected chi connectivity index (χ2v) is 9.72. The Morgan fingerprint density at radius 3 is 2.59 bits per heavy atom. The van der Waals surface area contributed by atoms with E-state index < -0.39 is 6.03 Å². The minimum absolute atomic E-state index is 0.150. The number of hydrogen-bond acceptors (Lipinski definition) is 6. The van der Waals surface area contributed by atoms with E-state index in [1.165, 1.54) is 29.7 Å². The summed E-state index contributed by atoms with van der Waals surface area (Å²) < 4.78 is 0. The first kappa shape index (κ1) is 23.7. The van der Waals surface area contributed by atoms with Crippen LogP contribution < -0.4 is 20.9 Å². The molecule has 4 rings (SSSR count). The third-order valence-corrected chi connectivity index (χ3v) is 6.47. The number of carbonyl (C=O) groups excluding carboxylic acids is 2. The molecule has 0 radical (unpaired) electrons. The van der Waals surface area contributed by atoms with Crippen molar-refractivity contribution >= 4 is 39.8 Å². The number of amides is 3. The van der Waals surface area contributed by atoms with Gasteiger partial charge in [-0.05, 0) is 50.5 Å². The molecule has 1 atom stereocenters. The van der Waals surface area contributed by atoms with E-state index in [0.29, 0.717) is 11.6 Å². The van der Waals surface area contributed by atoms with Crippen LogP contribution in [0.5, 0.6) is 0 Å². The van der Waals surface area contributed by atoms with Gasteiger partial charge in [0.25, 0.3) is 0 Å². The molecule has 3 amide bonds. The highest BCUT2D eigenvalue weighted by atomic mass is 32.1. The Morgan fingerprint density at radius 1 is 1.06 bits per heavy atom. The number of aromatic nitrogens is 2. The van der Waals surface area contributed by atoms with E-state index in [0.717, 1.165) is 35.0 Å². The van der Waals surface area contributed by atoms with Crippen LogP contribution in [0.25, 0.3) is 0 Å². The number of rotatable bonds is 8. The largest absolute Gasteiger partial charge is 0.371 e. The molecular formula is C25H30N6O2S. The first-order valence-corrected chi connectivity index (χ1v) is 12.4. The van der Waals surface area contributed by atoms with Crippen LogP contribution >= 0.6 is 11.3 Å². The predicted molar refractivity (Wildman–Crippen MR) is 137 cm³/mol. The van der Waals surface area contributed by atoms with Gasteiger partial charge in [0, 0.05) is 43.3 Å². The average Bonchev–Trinajstić information content (AvgIpc) is 3.48. The molecule has 3 N–H and O–H groups in total. The van der Waals surface area contributed by atoms with Gasteiger partial charge in [-0.15, -0.1) is 10.2 Å². The summed E-state index contributed by atoms with van der Waals surface area (Å²) in [6.07, 6.45) is 3.23. The van der Waals surface area contributed by atoms with Gasteiger partial charge in [0.15, 0.2) is 0 Å². The SMILES string of the molecule is Cc1ccc(Cc2nnc(NC(=O)NC(C)CC(=O)Nc3cccc(N4CCCC4)c3)s2)cc1. The van der Waals surface area contributed by atoms with Crippen LogP contribution in [-0.2, 0) is 11.2 Å². The number of nitrogens with one attached hydrogen (secondary N) is 3. The van der Waals surface area contributed by atoms with Gasteiger partial charge in [0.1, 0.15) is 5.01 Å². The van der Waals surface area contributed by atoms with Gasteiger partial charge in [-0.25, -0.2) is 4.79 Å². The lowest BCUT2D eigenvalue weighted by molar-refractivity contribution is -0.116. The van der Waals surface area contributed by atoms with Gasteiger partial charge >= 0.3 is 6.03 Å². The summed E-state index contributed by atoms with van der Waals surface area (Å²) in [6.45, 7) is 5.95. The molecular weight excluding hydrogens is 448 g/mol. The zero-order chi connectivity index (χ0) is 23.9. The monoisotopic (exact) mass is 478 g/mol. The van der Waals surface area contributed by atoms with E-state index >= 15 is 0 Å². The molecule has 0 bridgehead atoms. The van der Waals surface area contributed by atoms with E-state index in [9.17, 15) is 9.59 Å². The zero-order valence-corrected chi connectivity index (χ0v) is 20.3. The van der Waals surface area contributed by atoms with Crippen molar-refractivity contribution in [2.45, 2.75) is 45.6 Å². The predicted octanol–water partition coefficient (Wildman–Crippen LogP) is 4.58. The smallest absolute Gasteiger partial charge is 0.321 e. The van der Waals surface area contributed by atoms with Crippen molar-refractivity contribution in [2.24, 2.45) is 0 Å². The van der Waals surface area contributed by atoms with Gasteiger partial charge in [-0.3, -0.25) is 10.1 Å². The number of nitrogens with zero attached hydrogens (tertiary/aromatic N) is 3. The molecule has 2 heterocycles. The maximum atomic E-state index is 12.5. The second kappa shape index (κ2) is 11.1. The standard InChI is InChI=1S/C25H30N6O2S/c1-17-8-10-19(11-9-17)15-23-29-30-25(34-23)28-24(33)26-18(2)14-22(32)27-20-6-5-7-21(16-20)31-12-3-4-13-31/h5-11,16,18H,3-4,12-15H2,1-2H3,(H,27,32)(H2,26,28,30,33).